The molecule has 6 nitrogen and oxygen atoms in total. The number of hydrogen-bond acceptors (Lipinski definition) is 4. The largest absolute Gasteiger partial charge is 0.452 e. The lowest BCUT2D eigenvalue weighted by molar-refractivity contribution is -0.119. The van der Waals surface area contributed by atoms with Gasteiger partial charge in [-0.2, -0.15) is 0 Å². The highest BCUT2D eigenvalue weighted by Gasteiger charge is 2.16. The number of carbonyl (C=O) groups excluding carboxylic acids is 3. The van der Waals surface area contributed by atoms with Crippen molar-refractivity contribution < 1.29 is 23.5 Å². The number of anilines is 2. The topological polar surface area (TPSA) is 84.5 Å². The monoisotopic (exact) mass is 406 g/mol. The first-order valence-electron chi connectivity index (χ1n) is 9.12. The molecule has 0 bridgehead atoms. The molecule has 0 heterocycles. The molecular formula is C23H19FN2O4. The van der Waals surface area contributed by atoms with Crippen LogP contribution >= 0.6 is 0 Å². The highest BCUT2D eigenvalue weighted by Crippen LogP contribution is 2.18. The standard InChI is InChI=1S/C23H19FN2O4/c1-15-6-4-7-16(12-15)22(28)26-20-11-3-2-10-19(20)23(29)30-14-21(27)25-18-9-5-8-17(24)13-18/h2-13H,14H2,1H3,(H,25,27)(H,26,28). The molecule has 2 N–H and O–H groups in total. The van der Waals surface area contributed by atoms with E-state index in [1.807, 2.05) is 13.0 Å². The molecule has 0 aliphatic carbocycles. The van der Waals surface area contributed by atoms with Crippen molar-refractivity contribution in [3.8, 4) is 0 Å². The lowest BCUT2D eigenvalue weighted by atomic mass is 10.1. The van der Waals surface area contributed by atoms with Crippen LogP contribution in [-0.4, -0.2) is 24.4 Å². The van der Waals surface area contributed by atoms with Gasteiger partial charge in [0.2, 0.25) is 0 Å². The number of aryl methyl sites for hydroxylation is 1. The molecule has 0 radical (unpaired) electrons. The van der Waals surface area contributed by atoms with Gasteiger partial charge in [-0.3, -0.25) is 9.59 Å². The molecule has 3 rings (SSSR count). The molecule has 0 aliphatic rings. The summed E-state index contributed by atoms with van der Waals surface area (Å²) in [6.45, 7) is 1.31. The molecule has 0 saturated heterocycles. The third-order valence-electron chi connectivity index (χ3n) is 4.12. The van der Waals surface area contributed by atoms with Gasteiger partial charge in [0.1, 0.15) is 5.82 Å². The van der Waals surface area contributed by atoms with Gasteiger partial charge in [0, 0.05) is 11.3 Å². The molecule has 0 spiro atoms. The van der Waals surface area contributed by atoms with E-state index in [-0.39, 0.29) is 22.8 Å². The van der Waals surface area contributed by atoms with Gasteiger partial charge in [-0.05, 0) is 49.4 Å². The summed E-state index contributed by atoms with van der Waals surface area (Å²) in [4.78, 5) is 36.9. The number of nitrogens with one attached hydrogen (secondary N) is 2. The zero-order valence-corrected chi connectivity index (χ0v) is 16.1. The van der Waals surface area contributed by atoms with E-state index in [1.165, 1.54) is 24.3 Å². The number of benzene rings is 3. The number of hydrogen-bond donors (Lipinski definition) is 2. The average Bonchev–Trinajstić information content (AvgIpc) is 2.72. The number of esters is 1. The number of ether oxygens (including phenoxy) is 1. The van der Waals surface area contributed by atoms with Crippen LogP contribution < -0.4 is 10.6 Å². The normalized spacial score (nSPS) is 10.2. The molecule has 3 aromatic rings. The highest BCUT2D eigenvalue weighted by atomic mass is 19.1. The number of rotatable bonds is 6. The van der Waals surface area contributed by atoms with Crippen LogP contribution in [-0.2, 0) is 9.53 Å². The van der Waals surface area contributed by atoms with Crippen LogP contribution in [0.4, 0.5) is 15.8 Å². The maximum Gasteiger partial charge on any atom is 0.340 e. The Morgan fingerprint density at radius 3 is 2.43 bits per heavy atom. The quantitative estimate of drug-likeness (QED) is 0.602. The fourth-order valence-corrected chi connectivity index (χ4v) is 2.72. The smallest absolute Gasteiger partial charge is 0.340 e. The predicted molar refractivity (Wildman–Crippen MR) is 111 cm³/mol. The van der Waals surface area contributed by atoms with Crippen molar-refractivity contribution >= 4 is 29.2 Å². The Labute approximate surface area is 172 Å². The molecular weight excluding hydrogens is 387 g/mol. The average molecular weight is 406 g/mol. The minimum atomic E-state index is -0.774. The van der Waals surface area contributed by atoms with Crippen molar-refractivity contribution in [2.24, 2.45) is 0 Å². The maximum absolute atomic E-state index is 13.2. The zero-order chi connectivity index (χ0) is 21.5. The van der Waals surface area contributed by atoms with Crippen molar-refractivity contribution in [1.29, 1.82) is 0 Å². The van der Waals surface area contributed by atoms with E-state index in [2.05, 4.69) is 10.6 Å². The van der Waals surface area contributed by atoms with E-state index < -0.39 is 24.3 Å². The Morgan fingerprint density at radius 2 is 1.67 bits per heavy atom. The van der Waals surface area contributed by atoms with E-state index in [4.69, 9.17) is 4.74 Å². The molecule has 0 saturated carbocycles. The molecule has 3 aromatic carbocycles. The summed E-state index contributed by atoms with van der Waals surface area (Å²) >= 11 is 0. The minimum absolute atomic E-state index is 0.108. The van der Waals surface area contributed by atoms with Gasteiger partial charge in [-0.1, -0.05) is 35.9 Å². The van der Waals surface area contributed by atoms with Crippen molar-refractivity contribution in [2.75, 3.05) is 17.2 Å². The summed E-state index contributed by atoms with van der Waals surface area (Å²) in [6, 6.07) is 18.7. The van der Waals surface area contributed by atoms with Crippen LogP contribution in [0.1, 0.15) is 26.3 Å². The Hall–Kier alpha value is -4.00. The van der Waals surface area contributed by atoms with Crippen molar-refractivity contribution in [3.63, 3.8) is 0 Å². The van der Waals surface area contributed by atoms with Crippen molar-refractivity contribution in [3.05, 3.63) is 95.3 Å². The zero-order valence-electron chi connectivity index (χ0n) is 16.1. The van der Waals surface area contributed by atoms with Crippen molar-refractivity contribution in [1.82, 2.24) is 0 Å². The van der Waals surface area contributed by atoms with Gasteiger partial charge in [0.15, 0.2) is 6.61 Å². The van der Waals surface area contributed by atoms with E-state index in [0.29, 0.717) is 5.56 Å². The summed E-state index contributed by atoms with van der Waals surface area (Å²) in [5, 5.41) is 5.12. The first-order chi connectivity index (χ1) is 14.4. The number of amides is 2. The molecule has 152 valence electrons. The van der Waals surface area contributed by atoms with Gasteiger partial charge >= 0.3 is 5.97 Å². The lowest BCUT2D eigenvalue weighted by Gasteiger charge is -2.11. The summed E-state index contributed by atoms with van der Waals surface area (Å²) in [5.41, 5.74) is 2.01. The Bertz CT molecular complexity index is 1100. The predicted octanol–water partition coefficient (Wildman–Crippen LogP) is 4.18. The fourth-order valence-electron chi connectivity index (χ4n) is 2.72. The molecule has 30 heavy (non-hydrogen) atoms. The molecule has 2 amide bonds. The third-order valence-corrected chi connectivity index (χ3v) is 4.12. The molecule has 0 unspecified atom stereocenters. The molecule has 0 aromatic heterocycles. The second-order valence-electron chi connectivity index (χ2n) is 6.50. The van der Waals surface area contributed by atoms with Gasteiger partial charge in [-0.25, -0.2) is 9.18 Å². The van der Waals surface area contributed by atoms with E-state index in [1.54, 1.807) is 36.4 Å². The second kappa shape index (κ2) is 9.47. The van der Waals surface area contributed by atoms with Crippen LogP contribution in [0.2, 0.25) is 0 Å². The molecule has 7 heteroatoms. The lowest BCUT2D eigenvalue weighted by Crippen LogP contribution is -2.22. The first kappa shape index (κ1) is 20.7. The van der Waals surface area contributed by atoms with Crippen LogP contribution in [0.5, 0.6) is 0 Å². The van der Waals surface area contributed by atoms with Gasteiger partial charge < -0.3 is 15.4 Å². The summed E-state index contributed by atoms with van der Waals surface area (Å²) in [5.74, 6) is -2.26. The molecule has 0 aliphatic heterocycles. The number of halogens is 1. The van der Waals surface area contributed by atoms with Crippen LogP contribution in [0, 0.1) is 12.7 Å². The fraction of sp³-hybridized carbons (Fsp3) is 0.0870. The second-order valence-corrected chi connectivity index (χ2v) is 6.50. The summed E-state index contributed by atoms with van der Waals surface area (Å²) in [7, 11) is 0. The Balaban J connectivity index is 1.63. The van der Waals surface area contributed by atoms with Crippen molar-refractivity contribution in [2.45, 2.75) is 6.92 Å². The van der Waals surface area contributed by atoms with E-state index in [0.717, 1.165) is 11.6 Å². The Kier molecular flexibility index (Phi) is 6.54. The van der Waals surface area contributed by atoms with Gasteiger partial charge in [0.05, 0.1) is 11.3 Å². The summed E-state index contributed by atoms with van der Waals surface area (Å²) in [6.07, 6.45) is 0. The van der Waals surface area contributed by atoms with Gasteiger partial charge in [0.25, 0.3) is 11.8 Å². The van der Waals surface area contributed by atoms with Crippen LogP contribution in [0.25, 0.3) is 0 Å². The minimum Gasteiger partial charge on any atom is -0.452 e. The highest BCUT2D eigenvalue weighted by molar-refractivity contribution is 6.08. The van der Waals surface area contributed by atoms with Gasteiger partial charge in [-0.15, -0.1) is 0 Å². The number of carbonyl (C=O) groups is 3. The number of para-hydroxylation sites is 1. The van der Waals surface area contributed by atoms with Crippen LogP contribution in [0.3, 0.4) is 0 Å². The molecule has 0 fully saturated rings. The van der Waals surface area contributed by atoms with Crippen LogP contribution in [0.15, 0.2) is 72.8 Å². The van der Waals surface area contributed by atoms with E-state index >= 15 is 0 Å². The SMILES string of the molecule is Cc1cccc(C(=O)Nc2ccccc2C(=O)OCC(=O)Nc2cccc(F)c2)c1. The van der Waals surface area contributed by atoms with E-state index in [9.17, 15) is 18.8 Å². The first-order valence-corrected chi connectivity index (χ1v) is 9.12. The Morgan fingerprint density at radius 1 is 0.900 bits per heavy atom. The summed E-state index contributed by atoms with van der Waals surface area (Å²) < 4.78 is 18.2. The maximum atomic E-state index is 13.2. The molecule has 0 atom stereocenters. The third kappa shape index (κ3) is 5.51.